The van der Waals surface area contributed by atoms with E-state index < -0.39 is 10.0 Å². The molecule has 1 amide bonds. The molecule has 3 rings (SSSR count). The van der Waals surface area contributed by atoms with E-state index in [1.807, 2.05) is 12.1 Å². The third-order valence-corrected chi connectivity index (χ3v) is 7.36. The summed E-state index contributed by atoms with van der Waals surface area (Å²) >= 11 is 1.76. The number of furan rings is 1. The summed E-state index contributed by atoms with van der Waals surface area (Å²) in [6, 6.07) is 3.80. The third-order valence-electron chi connectivity index (χ3n) is 4.54. The van der Waals surface area contributed by atoms with Gasteiger partial charge in [-0.3, -0.25) is 4.79 Å². The predicted molar refractivity (Wildman–Crippen MR) is 100.0 cm³/mol. The SMILES string of the molecule is CC1CC1c1ccc(/C=C/C(=O)NCCS(=O)(=O)N2CCSCC2)o1. The Morgan fingerprint density at radius 2 is 2.12 bits per heavy atom. The minimum absolute atomic E-state index is 0.0677. The molecule has 138 valence electrons. The maximum Gasteiger partial charge on any atom is 0.244 e. The summed E-state index contributed by atoms with van der Waals surface area (Å²) in [7, 11) is -3.29. The molecule has 0 radical (unpaired) electrons. The number of hydrogen-bond acceptors (Lipinski definition) is 5. The molecule has 2 atom stereocenters. The van der Waals surface area contributed by atoms with Gasteiger partial charge in [0.1, 0.15) is 11.5 Å². The molecule has 1 aromatic heterocycles. The number of sulfonamides is 1. The van der Waals surface area contributed by atoms with Crippen molar-refractivity contribution < 1.29 is 17.6 Å². The molecule has 0 bridgehead atoms. The zero-order chi connectivity index (χ0) is 17.9. The maximum atomic E-state index is 12.2. The highest BCUT2D eigenvalue weighted by Gasteiger charge is 2.36. The summed E-state index contributed by atoms with van der Waals surface area (Å²) in [6.07, 6.45) is 4.15. The number of nitrogens with zero attached hydrogens (tertiary/aromatic N) is 1. The normalized spacial score (nSPS) is 24.5. The second-order valence-corrected chi connectivity index (χ2v) is 9.82. The van der Waals surface area contributed by atoms with Crippen molar-refractivity contribution in [3.05, 3.63) is 29.7 Å². The first-order valence-corrected chi connectivity index (χ1v) is 11.3. The number of amides is 1. The fraction of sp³-hybridized carbons (Fsp3) is 0.588. The van der Waals surface area contributed by atoms with Crippen LogP contribution < -0.4 is 5.32 Å². The molecular weight excluding hydrogens is 360 g/mol. The monoisotopic (exact) mass is 384 g/mol. The van der Waals surface area contributed by atoms with Crippen molar-refractivity contribution in [3.8, 4) is 0 Å². The predicted octanol–water partition coefficient (Wildman–Crippen LogP) is 1.91. The van der Waals surface area contributed by atoms with Crippen LogP contribution in [0, 0.1) is 5.92 Å². The van der Waals surface area contributed by atoms with Crippen molar-refractivity contribution in [2.45, 2.75) is 19.3 Å². The number of carbonyl (C=O) groups excluding carboxylic acids is 1. The van der Waals surface area contributed by atoms with Gasteiger partial charge in [0.05, 0.1) is 5.75 Å². The Morgan fingerprint density at radius 3 is 2.80 bits per heavy atom. The molecule has 0 spiro atoms. The molecule has 1 N–H and O–H groups in total. The summed E-state index contributed by atoms with van der Waals surface area (Å²) in [5.74, 6) is 4.07. The van der Waals surface area contributed by atoms with Crippen molar-refractivity contribution in [1.82, 2.24) is 9.62 Å². The Balaban J connectivity index is 1.42. The molecule has 2 heterocycles. The van der Waals surface area contributed by atoms with Crippen LogP contribution in [0.2, 0.25) is 0 Å². The largest absolute Gasteiger partial charge is 0.461 e. The number of carbonyl (C=O) groups is 1. The molecular formula is C17H24N2O4S2. The van der Waals surface area contributed by atoms with Crippen LogP contribution in [0.5, 0.6) is 0 Å². The lowest BCUT2D eigenvalue weighted by atomic mass is 10.3. The molecule has 2 aliphatic rings. The first kappa shape index (κ1) is 18.5. The second kappa shape index (κ2) is 7.97. The Kier molecular flexibility index (Phi) is 5.91. The van der Waals surface area contributed by atoms with E-state index in [1.54, 1.807) is 17.8 Å². The fourth-order valence-corrected chi connectivity index (χ4v) is 5.34. The second-order valence-electron chi connectivity index (χ2n) is 6.51. The van der Waals surface area contributed by atoms with Crippen molar-refractivity contribution in [3.63, 3.8) is 0 Å². The Labute approximate surface area is 153 Å². The van der Waals surface area contributed by atoms with E-state index in [0.29, 0.717) is 30.7 Å². The summed E-state index contributed by atoms with van der Waals surface area (Å²) in [5, 5.41) is 2.62. The van der Waals surface area contributed by atoms with Crippen molar-refractivity contribution in [2.75, 3.05) is 36.9 Å². The number of thioether (sulfide) groups is 1. The first-order chi connectivity index (χ1) is 12.0. The zero-order valence-corrected chi connectivity index (χ0v) is 15.9. The molecule has 1 saturated carbocycles. The van der Waals surface area contributed by atoms with Gasteiger partial charge in [-0.2, -0.15) is 11.8 Å². The molecule has 2 unspecified atom stereocenters. The van der Waals surface area contributed by atoms with Gasteiger partial charge in [0.25, 0.3) is 0 Å². The van der Waals surface area contributed by atoms with Gasteiger partial charge < -0.3 is 9.73 Å². The molecule has 1 saturated heterocycles. The van der Waals surface area contributed by atoms with Gasteiger partial charge in [-0.15, -0.1) is 0 Å². The molecule has 1 aliphatic carbocycles. The Morgan fingerprint density at radius 1 is 1.40 bits per heavy atom. The summed E-state index contributed by atoms with van der Waals surface area (Å²) in [5.41, 5.74) is 0. The molecule has 0 aromatic carbocycles. The zero-order valence-electron chi connectivity index (χ0n) is 14.3. The fourth-order valence-electron chi connectivity index (χ4n) is 2.85. The van der Waals surface area contributed by atoms with Gasteiger partial charge in [0.2, 0.25) is 15.9 Å². The van der Waals surface area contributed by atoms with Gasteiger partial charge in [-0.1, -0.05) is 6.92 Å². The van der Waals surface area contributed by atoms with Gasteiger partial charge in [0.15, 0.2) is 0 Å². The smallest absolute Gasteiger partial charge is 0.244 e. The number of rotatable bonds is 7. The van der Waals surface area contributed by atoms with E-state index in [9.17, 15) is 13.2 Å². The lowest BCUT2D eigenvalue weighted by Crippen LogP contribution is -2.41. The lowest BCUT2D eigenvalue weighted by Gasteiger charge is -2.25. The Hall–Kier alpha value is -1.25. The Bertz CT molecular complexity index is 736. The average Bonchev–Trinajstić information content (AvgIpc) is 3.14. The minimum Gasteiger partial charge on any atom is -0.461 e. The molecule has 25 heavy (non-hydrogen) atoms. The molecule has 1 aliphatic heterocycles. The van der Waals surface area contributed by atoms with Crippen molar-refractivity contribution >= 4 is 33.8 Å². The van der Waals surface area contributed by atoms with E-state index in [4.69, 9.17) is 4.42 Å². The quantitative estimate of drug-likeness (QED) is 0.727. The van der Waals surface area contributed by atoms with E-state index in [0.717, 1.165) is 23.7 Å². The highest BCUT2D eigenvalue weighted by Crippen LogP contribution is 2.47. The van der Waals surface area contributed by atoms with Crippen LogP contribution >= 0.6 is 11.8 Å². The highest BCUT2D eigenvalue weighted by molar-refractivity contribution is 7.99. The summed E-state index contributed by atoms with van der Waals surface area (Å²) < 4.78 is 31.6. The van der Waals surface area contributed by atoms with E-state index in [1.165, 1.54) is 10.4 Å². The number of nitrogens with one attached hydrogen (secondary N) is 1. The van der Waals surface area contributed by atoms with Gasteiger partial charge in [0, 0.05) is 43.1 Å². The van der Waals surface area contributed by atoms with Gasteiger partial charge >= 0.3 is 0 Å². The van der Waals surface area contributed by atoms with E-state index in [-0.39, 0.29) is 18.2 Å². The molecule has 2 fully saturated rings. The van der Waals surface area contributed by atoms with Crippen LogP contribution in [0.1, 0.15) is 30.8 Å². The van der Waals surface area contributed by atoms with Gasteiger partial charge in [-0.05, 0) is 30.5 Å². The van der Waals surface area contributed by atoms with Crippen LogP contribution in [0.15, 0.2) is 22.6 Å². The lowest BCUT2D eigenvalue weighted by molar-refractivity contribution is -0.116. The van der Waals surface area contributed by atoms with Crippen LogP contribution in [0.4, 0.5) is 0 Å². The maximum absolute atomic E-state index is 12.2. The molecule has 1 aromatic rings. The third kappa shape index (κ3) is 5.12. The van der Waals surface area contributed by atoms with Crippen LogP contribution in [0.3, 0.4) is 0 Å². The van der Waals surface area contributed by atoms with E-state index in [2.05, 4.69) is 12.2 Å². The molecule has 6 nitrogen and oxygen atoms in total. The highest BCUT2D eigenvalue weighted by atomic mass is 32.2. The average molecular weight is 385 g/mol. The van der Waals surface area contributed by atoms with Crippen LogP contribution in [-0.2, 0) is 14.8 Å². The van der Waals surface area contributed by atoms with Crippen LogP contribution in [0.25, 0.3) is 6.08 Å². The van der Waals surface area contributed by atoms with Crippen LogP contribution in [-0.4, -0.2) is 55.5 Å². The van der Waals surface area contributed by atoms with Crippen molar-refractivity contribution in [1.29, 1.82) is 0 Å². The van der Waals surface area contributed by atoms with Gasteiger partial charge in [-0.25, -0.2) is 12.7 Å². The standard InChI is InChI=1S/C17H24N2O4S2/c1-13-12-15(13)16-4-2-14(23-16)3-5-17(20)18-6-11-25(21,22)19-7-9-24-10-8-19/h2-5,13,15H,6-12H2,1H3,(H,18,20)/b5-3+. The summed E-state index contributed by atoms with van der Waals surface area (Å²) in [4.78, 5) is 11.8. The minimum atomic E-state index is -3.29. The van der Waals surface area contributed by atoms with Crippen molar-refractivity contribution in [2.24, 2.45) is 5.92 Å². The molecule has 8 heteroatoms. The topological polar surface area (TPSA) is 79.6 Å². The summed E-state index contributed by atoms with van der Waals surface area (Å²) in [6.45, 7) is 3.41. The van der Waals surface area contributed by atoms with E-state index >= 15 is 0 Å². The number of hydrogen-bond donors (Lipinski definition) is 1. The first-order valence-electron chi connectivity index (χ1n) is 8.57.